The van der Waals surface area contributed by atoms with Crippen LogP contribution in [0.3, 0.4) is 0 Å². The lowest BCUT2D eigenvalue weighted by molar-refractivity contribution is 0.139. The smallest absolute Gasteiger partial charge is 0.0466 e. The molecule has 0 amide bonds. The molecule has 3 heteroatoms. The summed E-state index contributed by atoms with van der Waals surface area (Å²) < 4.78 is 5.31. The fraction of sp³-hybridized carbons (Fsp3) is 1.00. The molecule has 0 saturated carbocycles. The third-order valence-corrected chi connectivity index (χ3v) is 2.75. The van der Waals surface area contributed by atoms with Gasteiger partial charge in [-0.2, -0.15) is 0 Å². The Hall–Kier alpha value is -0.120. The first-order valence-corrected chi connectivity index (χ1v) is 6.28. The molecule has 92 valence electrons. The average Bonchev–Trinajstić information content (AvgIpc) is 2.23. The van der Waals surface area contributed by atoms with Crippen LogP contribution in [-0.4, -0.2) is 19.3 Å². The summed E-state index contributed by atoms with van der Waals surface area (Å²) in [4.78, 5) is 0. The van der Waals surface area contributed by atoms with E-state index < -0.39 is 0 Å². The minimum atomic E-state index is 0.451. The summed E-state index contributed by atoms with van der Waals surface area (Å²) in [5.74, 6) is 6.31. The first-order valence-electron chi connectivity index (χ1n) is 6.28. The van der Waals surface area contributed by atoms with Crippen molar-refractivity contribution in [1.29, 1.82) is 0 Å². The van der Waals surface area contributed by atoms with E-state index in [1.807, 2.05) is 6.92 Å². The number of hydrogen-bond acceptors (Lipinski definition) is 3. The second-order valence-corrected chi connectivity index (χ2v) is 4.33. The second kappa shape index (κ2) is 10.4. The van der Waals surface area contributed by atoms with Gasteiger partial charge in [-0.1, -0.05) is 26.7 Å². The van der Waals surface area contributed by atoms with Crippen LogP contribution in [0.1, 0.15) is 52.9 Å². The SMILES string of the molecule is CCCC(C)CC(CCCOCC)NN. The highest BCUT2D eigenvalue weighted by molar-refractivity contribution is 4.67. The molecule has 2 unspecified atom stereocenters. The summed E-state index contributed by atoms with van der Waals surface area (Å²) in [6.07, 6.45) is 5.95. The average molecular weight is 216 g/mol. The molecule has 0 radical (unpaired) electrons. The van der Waals surface area contributed by atoms with Gasteiger partial charge >= 0.3 is 0 Å². The van der Waals surface area contributed by atoms with Crippen LogP contribution >= 0.6 is 0 Å². The van der Waals surface area contributed by atoms with Gasteiger partial charge in [-0.25, -0.2) is 0 Å². The van der Waals surface area contributed by atoms with Crippen molar-refractivity contribution in [2.75, 3.05) is 13.2 Å². The molecule has 0 aliphatic rings. The molecule has 0 aliphatic carbocycles. The van der Waals surface area contributed by atoms with Gasteiger partial charge in [0.05, 0.1) is 0 Å². The Kier molecular flexibility index (Phi) is 10.3. The molecule has 3 nitrogen and oxygen atoms in total. The molecule has 0 aromatic rings. The summed E-state index contributed by atoms with van der Waals surface area (Å²) >= 11 is 0. The van der Waals surface area contributed by atoms with E-state index in [0.29, 0.717) is 6.04 Å². The highest BCUT2D eigenvalue weighted by Crippen LogP contribution is 2.14. The van der Waals surface area contributed by atoms with E-state index in [4.69, 9.17) is 10.6 Å². The van der Waals surface area contributed by atoms with Crippen LogP contribution in [-0.2, 0) is 4.74 Å². The van der Waals surface area contributed by atoms with E-state index in [-0.39, 0.29) is 0 Å². The molecule has 3 N–H and O–H groups in total. The zero-order valence-electron chi connectivity index (χ0n) is 10.6. The van der Waals surface area contributed by atoms with E-state index >= 15 is 0 Å². The lowest BCUT2D eigenvalue weighted by Crippen LogP contribution is -2.36. The molecule has 2 atom stereocenters. The molecule has 0 heterocycles. The van der Waals surface area contributed by atoms with Gasteiger partial charge in [-0.3, -0.25) is 11.3 Å². The summed E-state index contributed by atoms with van der Waals surface area (Å²) in [6, 6.07) is 0.451. The summed E-state index contributed by atoms with van der Waals surface area (Å²) in [7, 11) is 0. The van der Waals surface area contributed by atoms with Gasteiger partial charge < -0.3 is 4.74 Å². The lowest BCUT2D eigenvalue weighted by Gasteiger charge is -2.19. The van der Waals surface area contributed by atoms with Gasteiger partial charge in [0.2, 0.25) is 0 Å². The number of rotatable bonds is 10. The minimum Gasteiger partial charge on any atom is -0.382 e. The van der Waals surface area contributed by atoms with Crippen molar-refractivity contribution in [3.63, 3.8) is 0 Å². The third kappa shape index (κ3) is 8.85. The van der Waals surface area contributed by atoms with Crippen LogP contribution in [0.4, 0.5) is 0 Å². The van der Waals surface area contributed by atoms with E-state index in [1.165, 1.54) is 19.3 Å². The topological polar surface area (TPSA) is 47.3 Å². The van der Waals surface area contributed by atoms with Crippen LogP contribution in [0.2, 0.25) is 0 Å². The molecule has 0 fully saturated rings. The van der Waals surface area contributed by atoms with E-state index in [9.17, 15) is 0 Å². The standard InChI is InChI=1S/C12H28N2O/c1-4-7-11(3)10-12(14-13)8-6-9-15-5-2/h11-12,14H,4-10,13H2,1-3H3. The first-order chi connectivity index (χ1) is 7.24. The number of ether oxygens (including phenoxy) is 1. The number of hydrazine groups is 1. The molecular weight excluding hydrogens is 188 g/mol. The maximum atomic E-state index is 5.54. The maximum absolute atomic E-state index is 5.54. The Labute approximate surface area is 94.7 Å². The van der Waals surface area contributed by atoms with Crippen LogP contribution in [0.25, 0.3) is 0 Å². The first kappa shape index (κ1) is 14.9. The van der Waals surface area contributed by atoms with Crippen LogP contribution in [0, 0.1) is 5.92 Å². The van der Waals surface area contributed by atoms with Gasteiger partial charge in [0.1, 0.15) is 0 Å². The molecule has 0 spiro atoms. The minimum absolute atomic E-state index is 0.451. The van der Waals surface area contributed by atoms with Crippen molar-refractivity contribution in [3.05, 3.63) is 0 Å². The predicted octanol–water partition coefficient (Wildman–Crippen LogP) is 2.46. The van der Waals surface area contributed by atoms with Crippen LogP contribution in [0.5, 0.6) is 0 Å². The number of nitrogens with two attached hydrogens (primary N) is 1. The lowest BCUT2D eigenvalue weighted by atomic mass is 9.95. The van der Waals surface area contributed by atoms with Crippen LogP contribution < -0.4 is 11.3 Å². The molecule has 0 aromatic carbocycles. The van der Waals surface area contributed by atoms with Crippen molar-refractivity contribution in [3.8, 4) is 0 Å². The molecule has 0 saturated heterocycles. The predicted molar refractivity (Wildman–Crippen MR) is 65.5 cm³/mol. The van der Waals surface area contributed by atoms with E-state index in [1.54, 1.807) is 0 Å². The fourth-order valence-electron chi connectivity index (χ4n) is 1.94. The maximum Gasteiger partial charge on any atom is 0.0466 e. The van der Waals surface area contributed by atoms with Crippen molar-refractivity contribution >= 4 is 0 Å². The van der Waals surface area contributed by atoms with Crippen molar-refractivity contribution in [2.45, 2.75) is 58.9 Å². The number of nitrogens with one attached hydrogen (secondary N) is 1. The van der Waals surface area contributed by atoms with Crippen molar-refractivity contribution in [2.24, 2.45) is 11.8 Å². The Bertz CT molecular complexity index is 131. The van der Waals surface area contributed by atoms with Gasteiger partial charge in [0.15, 0.2) is 0 Å². The Morgan fingerprint density at radius 3 is 2.53 bits per heavy atom. The van der Waals surface area contributed by atoms with Gasteiger partial charge in [0.25, 0.3) is 0 Å². The monoisotopic (exact) mass is 216 g/mol. The second-order valence-electron chi connectivity index (χ2n) is 4.33. The number of hydrogen-bond donors (Lipinski definition) is 2. The Morgan fingerprint density at radius 2 is 2.00 bits per heavy atom. The fourth-order valence-corrected chi connectivity index (χ4v) is 1.94. The van der Waals surface area contributed by atoms with Crippen molar-refractivity contribution in [1.82, 2.24) is 5.43 Å². The highest BCUT2D eigenvalue weighted by Gasteiger charge is 2.10. The van der Waals surface area contributed by atoms with E-state index in [0.717, 1.165) is 32.0 Å². The Morgan fingerprint density at radius 1 is 1.27 bits per heavy atom. The third-order valence-electron chi connectivity index (χ3n) is 2.75. The molecule has 0 bridgehead atoms. The quantitative estimate of drug-likeness (QED) is 0.335. The van der Waals surface area contributed by atoms with Crippen molar-refractivity contribution < 1.29 is 4.74 Å². The van der Waals surface area contributed by atoms with Gasteiger partial charge in [-0.05, 0) is 32.1 Å². The normalized spacial score (nSPS) is 15.2. The van der Waals surface area contributed by atoms with Gasteiger partial charge in [0, 0.05) is 19.3 Å². The largest absolute Gasteiger partial charge is 0.382 e. The molecular formula is C12H28N2O. The van der Waals surface area contributed by atoms with Gasteiger partial charge in [-0.15, -0.1) is 0 Å². The van der Waals surface area contributed by atoms with Crippen LogP contribution in [0.15, 0.2) is 0 Å². The summed E-state index contributed by atoms with van der Waals surface area (Å²) in [6.45, 7) is 8.23. The molecule has 15 heavy (non-hydrogen) atoms. The molecule has 0 aromatic heterocycles. The molecule has 0 aliphatic heterocycles. The Balaban J connectivity index is 3.53. The summed E-state index contributed by atoms with van der Waals surface area (Å²) in [5, 5.41) is 0. The zero-order valence-corrected chi connectivity index (χ0v) is 10.6. The zero-order chi connectivity index (χ0) is 11.5. The van der Waals surface area contributed by atoms with E-state index in [2.05, 4.69) is 19.3 Å². The highest BCUT2D eigenvalue weighted by atomic mass is 16.5. The summed E-state index contributed by atoms with van der Waals surface area (Å²) in [5.41, 5.74) is 2.91. The molecule has 0 rings (SSSR count).